The van der Waals surface area contributed by atoms with Gasteiger partial charge in [0.1, 0.15) is 0 Å². The highest BCUT2D eigenvalue weighted by Crippen LogP contribution is 2.36. The predicted molar refractivity (Wildman–Crippen MR) is 102 cm³/mol. The number of benzene rings is 1. The molecule has 1 aliphatic rings. The Balaban J connectivity index is 1.80. The standard InChI is InChI=1S/C19H13ClO2S2/c1-3-10-5-12-13(8-15(10)20)19(22)14(18(12)21)6-11-7-17-16(24-11)4-9(2)23-17/h4-8H,3H2,1-2H3/b14-6+. The number of halogens is 1. The van der Waals surface area contributed by atoms with E-state index in [1.807, 2.05) is 13.0 Å². The summed E-state index contributed by atoms with van der Waals surface area (Å²) in [4.78, 5) is 27.5. The smallest absolute Gasteiger partial charge is 0.197 e. The van der Waals surface area contributed by atoms with Crippen LogP contribution in [0.3, 0.4) is 0 Å². The zero-order chi connectivity index (χ0) is 17.0. The number of thiophene rings is 2. The van der Waals surface area contributed by atoms with Gasteiger partial charge in [-0.15, -0.1) is 22.7 Å². The van der Waals surface area contributed by atoms with Crippen molar-refractivity contribution < 1.29 is 9.59 Å². The van der Waals surface area contributed by atoms with Crippen molar-refractivity contribution in [3.63, 3.8) is 0 Å². The fourth-order valence-electron chi connectivity index (χ4n) is 2.98. The minimum Gasteiger partial charge on any atom is -0.288 e. The molecule has 0 aliphatic heterocycles. The lowest BCUT2D eigenvalue weighted by molar-refractivity contribution is 0.0990. The maximum Gasteiger partial charge on any atom is 0.197 e. The Bertz CT molecular complexity index is 1020. The normalized spacial score (nSPS) is 15.7. The first-order valence-electron chi connectivity index (χ1n) is 7.61. The molecule has 0 radical (unpaired) electrons. The van der Waals surface area contributed by atoms with Gasteiger partial charge in [-0.2, -0.15) is 0 Å². The van der Waals surface area contributed by atoms with Crippen LogP contribution in [-0.4, -0.2) is 11.6 Å². The molecule has 4 rings (SSSR count). The van der Waals surface area contributed by atoms with Gasteiger partial charge in [0.25, 0.3) is 0 Å². The molecule has 0 N–H and O–H groups in total. The van der Waals surface area contributed by atoms with Gasteiger partial charge in [0.15, 0.2) is 11.6 Å². The van der Waals surface area contributed by atoms with Crippen LogP contribution in [-0.2, 0) is 6.42 Å². The van der Waals surface area contributed by atoms with Crippen LogP contribution in [0.4, 0.5) is 0 Å². The summed E-state index contributed by atoms with van der Waals surface area (Å²) >= 11 is 9.53. The first-order valence-corrected chi connectivity index (χ1v) is 9.62. The van der Waals surface area contributed by atoms with Gasteiger partial charge in [-0.25, -0.2) is 0 Å². The highest BCUT2D eigenvalue weighted by molar-refractivity contribution is 7.28. The third-order valence-corrected chi connectivity index (χ3v) is 6.69. The number of aryl methyl sites for hydroxylation is 2. The van der Waals surface area contributed by atoms with Gasteiger partial charge in [0, 0.05) is 35.3 Å². The van der Waals surface area contributed by atoms with E-state index in [4.69, 9.17) is 11.6 Å². The molecule has 0 bridgehead atoms. The van der Waals surface area contributed by atoms with Crippen molar-refractivity contribution in [3.8, 4) is 0 Å². The molecule has 2 aromatic heterocycles. The largest absolute Gasteiger partial charge is 0.288 e. The van der Waals surface area contributed by atoms with Gasteiger partial charge in [-0.05, 0) is 49.2 Å². The second kappa shape index (κ2) is 5.66. The molecule has 24 heavy (non-hydrogen) atoms. The van der Waals surface area contributed by atoms with Crippen LogP contribution >= 0.6 is 34.3 Å². The molecule has 120 valence electrons. The Morgan fingerprint density at radius 1 is 1.00 bits per heavy atom. The van der Waals surface area contributed by atoms with E-state index in [-0.39, 0.29) is 17.1 Å². The molecule has 0 unspecified atom stereocenters. The summed E-state index contributed by atoms with van der Waals surface area (Å²) in [5.74, 6) is -0.429. The average Bonchev–Trinajstić information content (AvgIpc) is 3.13. The number of carbonyl (C=O) groups excluding carboxylic acids is 2. The van der Waals surface area contributed by atoms with Gasteiger partial charge < -0.3 is 0 Å². The highest BCUT2D eigenvalue weighted by atomic mass is 35.5. The van der Waals surface area contributed by atoms with Crippen LogP contribution in [0, 0.1) is 6.92 Å². The first kappa shape index (κ1) is 15.8. The van der Waals surface area contributed by atoms with Crippen LogP contribution in [0.15, 0.2) is 29.8 Å². The first-order chi connectivity index (χ1) is 11.5. The molecule has 1 aromatic carbocycles. The molecule has 0 atom stereocenters. The van der Waals surface area contributed by atoms with Gasteiger partial charge in [0.05, 0.1) is 5.57 Å². The molecular formula is C19H13ClO2S2. The zero-order valence-corrected chi connectivity index (χ0v) is 15.5. The molecule has 0 saturated carbocycles. The predicted octanol–water partition coefficient (Wildman–Crippen LogP) is 5.95. The number of hydrogen-bond acceptors (Lipinski definition) is 4. The van der Waals surface area contributed by atoms with Gasteiger partial charge in [-0.3, -0.25) is 9.59 Å². The molecule has 2 nitrogen and oxygen atoms in total. The van der Waals surface area contributed by atoms with Crippen molar-refractivity contribution in [2.24, 2.45) is 0 Å². The third kappa shape index (κ3) is 2.37. The third-order valence-electron chi connectivity index (χ3n) is 4.18. The van der Waals surface area contributed by atoms with E-state index in [9.17, 15) is 9.59 Å². The van der Waals surface area contributed by atoms with Crippen molar-refractivity contribution in [2.75, 3.05) is 0 Å². The Morgan fingerprint density at radius 2 is 1.67 bits per heavy atom. The topological polar surface area (TPSA) is 34.1 Å². The lowest BCUT2D eigenvalue weighted by Gasteiger charge is -2.03. The number of ketones is 2. The fourth-order valence-corrected chi connectivity index (χ4v) is 5.55. The summed E-state index contributed by atoms with van der Waals surface area (Å²) in [6.45, 7) is 4.05. The van der Waals surface area contributed by atoms with Gasteiger partial charge in [0.2, 0.25) is 0 Å². The Labute approximate surface area is 152 Å². The summed E-state index contributed by atoms with van der Waals surface area (Å²) in [7, 11) is 0. The number of rotatable bonds is 2. The van der Waals surface area contributed by atoms with E-state index in [1.165, 1.54) is 14.3 Å². The van der Waals surface area contributed by atoms with E-state index < -0.39 is 0 Å². The monoisotopic (exact) mass is 372 g/mol. The van der Waals surface area contributed by atoms with Crippen LogP contribution < -0.4 is 0 Å². The summed E-state index contributed by atoms with van der Waals surface area (Å²) in [6, 6.07) is 7.56. The molecule has 0 saturated heterocycles. The van der Waals surface area contributed by atoms with Crippen LogP contribution in [0.1, 0.15) is 43.0 Å². The Hall–Kier alpha value is -1.75. The average molecular weight is 373 g/mol. The lowest BCUT2D eigenvalue weighted by Crippen LogP contribution is -1.99. The van der Waals surface area contributed by atoms with Crippen molar-refractivity contribution in [1.82, 2.24) is 0 Å². The number of carbonyl (C=O) groups is 2. The maximum atomic E-state index is 12.7. The molecule has 5 heteroatoms. The minimum absolute atomic E-state index is 0.200. The van der Waals surface area contributed by atoms with Crippen molar-refractivity contribution in [1.29, 1.82) is 0 Å². The maximum absolute atomic E-state index is 12.7. The minimum atomic E-state index is -0.229. The molecule has 1 aliphatic carbocycles. The highest BCUT2D eigenvalue weighted by Gasteiger charge is 2.34. The van der Waals surface area contributed by atoms with E-state index in [2.05, 4.69) is 13.0 Å². The van der Waals surface area contributed by atoms with Crippen molar-refractivity contribution in [2.45, 2.75) is 20.3 Å². The molecule has 2 heterocycles. The van der Waals surface area contributed by atoms with Crippen molar-refractivity contribution in [3.05, 3.63) is 61.3 Å². The lowest BCUT2D eigenvalue weighted by atomic mass is 10.0. The zero-order valence-electron chi connectivity index (χ0n) is 13.1. The van der Waals surface area contributed by atoms with Crippen molar-refractivity contribution >= 4 is 61.3 Å². The quantitative estimate of drug-likeness (QED) is 0.411. The van der Waals surface area contributed by atoms with E-state index in [0.717, 1.165) is 16.9 Å². The summed E-state index contributed by atoms with van der Waals surface area (Å²) in [5, 5.41) is 0.547. The molecule has 0 amide bonds. The molecule has 3 aromatic rings. The van der Waals surface area contributed by atoms with Crippen LogP contribution in [0.25, 0.3) is 15.5 Å². The van der Waals surface area contributed by atoms with Gasteiger partial charge in [-0.1, -0.05) is 18.5 Å². The molecular weight excluding hydrogens is 360 g/mol. The fraction of sp³-hybridized carbons (Fsp3) is 0.158. The van der Waals surface area contributed by atoms with Gasteiger partial charge >= 0.3 is 0 Å². The molecule has 0 spiro atoms. The summed E-state index contributed by atoms with van der Waals surface area (Å²) in [5.41, 5.74) is 2.02. The second-order valence-electron chi connectivity index (χ2n) is 5.79. The number of fused-ring (bicyclic) bond motifs is 2. The summed E-state index contributed by atoms with van der Waals surface area (Å²) < 4.78 is 2.38. The number of allylic oxidation sites excluding steroid dienone is 1. The Kier molecular flexibility index (Phi) is 3.71. The Morgan fingerprint density at radius 3 is 2.33 bits per heavy atom. The summed E-state index contributed by atoms with van der Waals surface area (Å²) in [6.07, 6.45) is 2.45. The van der Waals surface area contributed by atoms with E-state index >= 15 is 0 Å². The number of hydrogen-bond donors (Lipinski definition) is 0. The number of Topliss-reactive ketones (excluding diaryl/α,β-unsaturated/α-hetero) is 2. The van der Waals surface area contributed by atoms with E-state index in [1.54, 1.807) is 40.9 Å². The molecule has 0 fully saturated rings. The second-order valence-corrected chi connectivity index (χ2v) is 8.60. The SMILES string of the molecule is CCc1cc2c(cc1Cl)C(=O)/C(=C/c1cc3sc(C)cc3s1)C2=O. The van der Waals surface area contributed by atoms with E-state index in [0.29, 0.717) is 16.1 Å². The van der Waals surface area contributed by atoms with Crippen LogP contribution in [0.5, 0.6) is 0 Å². The van der Waals surface area contributed by atoms with Crippen LogP contribution in [0.2, 0.25) is 5.02 Å².